The van der Waals surface area contributed by atoms with E-state index >= 15 is 0 Å². The van der Waals surface area contributed by atoms with E-state index in [0.29, 0.717) is 12.5 Å². The normalized spacial score (nSPS) is 20.6. The fourth-order valence-corrected chi connectivity index (χ4v) is 4.19. The summed E-state index contributed by atoms with van der Waals surface area (Å²) in [6, 6.07) is 16.8. The molecule has 0 bridgehead atoms. The lowest BCUT2D eigenvalue weighted by molar-refractivity contribution is -0.122. The van der Waals surface area contributed by atoms with Crippen molar-refractivity contribution in [3.05, 3.63) is 78.5 Å². The Bertz CT molecular complexity index is 835. The molecular weight excluding hydrogens is 350 g/mol. The van der Waals surface area contributed by atoms with Gasteiger partial charge in [-0.15, -0.1) is 0 Å². The molecule has 1 atom stereocenters. The zero-order chi connectivity index (χ0) is 19.2. The molecule has 0 aliphatic heterocycles. The molecule has 0 saturated heterocycles. The van der Waals surface area contributed by atoms with Crippen molar-refractivity contribution in [1.29, 1.82) is 0 Å². The summed E-state index contributed by atoms with van der Waals surface area (Å²) in [5.74, 6) is 1.04. The summed E-state index contributed by atoms with van der Waals surface area (Å²) >= 11 is 0. The highest BCUT2D eigenvalue weighted by Gasteiger charge is 2.25. The molecule has 1 N–H and O–H groups in total. The van der Waals surface area contributed by atoms with Crippen LogP contribution in [0.2, 0.25) is 0 Å². The van der Waals surface area contributed by atoms with Crippen LogP contribution >= 0.6 is 0 Å². The summed E-state index contributed by atoms with van der Waals surface area (Å²) in [6.45, 7) is 0. The molecule has 0 radical (unpaired) electrons. The third kappa shape index (κ3) is 4.71. The molecule has 1 aliphatic carbocycles. The Morgan fingerprint density at radius 3 is 2.61 bits per heavy atom. The smallest absolute Gasteiger partial charge is 0.220 e. The van der Waals surface area contributed by atoms with Crippen molar-refractivity contribution in [1.82, 2.24) is 15.1 Å². The van der Waals surface area contributed by atoms with Crippen LogP contribution in [0, 0.1) is 0 Å². The van der Waals surface area contributed by atoms with Crippen molar-refractivity contribution in [2.45, 2.75) is 56.5 Å². The van der Waals surface area contributed by atoms with Crippen molar-refractivity contribution in [2.24, 2.45) is 0 Å². The van der Waals surface area contributed by atoms with Crippen LogP contribution in [-0.4, -0.2) is 21.7 Å². The van der Waals surface area contributed by atoms with E-state index in [0.717, 1.165) is 37.9 Å². The standard InChI is InChI=1S/C23H27N3O2/c27-23(25-20-9-11-21(12-10-20)26-14-5-13-24-26)17-19(22-8-4-15-28-22)16-18-6-2-1-3-7-18/h1-8,13-15,19-21H,9-12,16-17H2,(H,25,27). The van der Waals surface area contributed by atoms with E-state index in [1.54, 1.807) is 6.26 Å². The number of hydrogen-bond donors (Lipinski definition) is 1. The topological polar surface area (TPSA) is 60.1 Å². The highest BCUT2D eigenvalue weighted by molar-refractivity contribution is 5.77. The maximum Gasteiger partial charge on any atom is 0.220 e. The Morgan fingerprint density at radius 1 is 1.11 bits per heavy atom. The summed E-state index contributed by atoms with van der Waals surface area (Å²) in [7, 11) is 0. The highest BCUT2D eigenvalue weighted by atomic mass is 16.3. The second-order valence-electron chi connectivity index (χ2n) is 7.67. The fourth-order valence-electron chi connectivity index (χ4n) is 4.19. The van der Waals surface area contributed by atoms with E-state index in [2.05, 4.69) is 22.5 Å². The number of furan rings is 1. The number of hydrogen-bond acceptors (Lipinski definition) is 3. The van der Waals surface area contributed by atoms with Crippen LogP contribution < -0.4 is 5.32 Å². The summed E-state index contributed by atoms with van der Waals surface area (Å²) in [5.41, 5.74) is 1.22. The lowest BCUT2D eigenvalue weighted by Crippen LogP contribution is -2.38. The quantitative estimate of drug-likeness (QED) is 0.660. The van der Waals surface area contributed by atoms with Crippen LogP contribution in [-0.2, 0) is 11.2 Å². The number of nitrogens with zero attached hydrogens (tertiary/aromatic N) is 2. The SMILES string of the molecule is O=C(CC(Cc1ccccc1)c1ccco1)NC1CCC(n2cccn2)CC1. The van der Waals surface area contributed by atoms with Crippen LogP contribution in [0.15, 0.2) is 71.6 Å². The first-order chi connectivity index (χ1) is 13.8. The summed E-state index contributed by atoms with van der Waals surface area (Å²) in [5, 5.41) is 7.61. The van der Waals surface area contributed by atoms with E-state index in [1.165, 1.54) is 5.56 Å². The minimum Gasteiger partial charge on any atom is -0.469 e. The molecule has 146 valence electrons. The van der Waals surface area contributed by atoms with Gasteiger partial charge in [0.15, 0.2) is 0 Å². The molecule has 3 aromatic rings. The predicted molar refractivity (Wildman–Crippen MR) is 108 cm³/mol. The second-order valence-corrected chi connectivity index (χ2v) is 7.67. The van der Waals surface area contributed by atoms with Gasteiger partial charge in [0, 0.05) is 30.8 Å². The largest absolute Gasteiger partial charge is 0.469 e. The summed E-state index contributed by atoms with van der Waals surface area (Å²) in [4.78, 5) is 12.7. The highest BCUT2D eigenvalue weighted by Crippen LogP contribution is 2.29. The van der Waals surface area contributed by atoms with Crippen LogP contribution in [0.1, 0.15) is 55.4 Å². The van der Waals surface area contributed by atoms with Gasteiger partial charge in [0.05, 0.1) is 12.3 Å². The van der Waals surface area contributed by atoms with Gasteiger partial charge < -0.3 is 9.73 Å². The van der Waals surface area contributed by atoms with Crippen LogP contribution in [0.4, 0.5) is 0 Å². The molecule has 2 aromatic heterocycles. The first kappa shape index (κ1) is 18.5. The molecule has 5 nitrogen and oxygen atoms in total. The number of carbonyl (C=O) groups is 1. The summed E-state index contributed by atoms with van der Waals surface area (Å²) in [6.07, 6.45) is 10.9. The van der Waals surface area contributed by atoms with Gasteiger partial charge >= 0.3 is 0 Å². The number of amides is 1. The van der Waals surface area contributed by atoms with Gasteiger partial charge in [-0.3, -0.25) is 9.48 Å². The van der Waals surface area contributed by atoms with E-state index in [9.17, 15) is 4.79 Å². The molecule has 1 saturated carbocycles. The Morgan fingerprint density at radius 2 is 1.93 bits per heavy atom. The zero-order valence-electron chi connectivity index (χ0n) is 16.0. The second kappa shape index (κ2) is 8.91. The van der Waals surface area contributed by atoms with Crippen molar-refractivity contribution in [3.8, 4) is 0 Å². The molecule has 1 amide bonds. The van der Waals surface area contributed by atoms with E-state index in [-0.39, 0.29) is 17.9 Å². The number of rotatable bonds is 7. The Balaban J connectivity index is 1.32. The van der Waals surface area contributed by atoms with E-state index in [4.69, 9.17) is 4.42 Å². The predicted octanol–water partition coefficient (Wildman–Crippen LogP) is 4.49. The number of nitrogens with one attached hydrogen (secondary N) is 1. The Hall–Kier alpha value is -2.82. The van der Waals surface area contributed by atoms with Gasteiger partial charge in [0.1, 0.15) is 5.76 Å². The monoisotopic (exact) mass is 377 g/mol. The molecule has 2 heterocycles. The minimum absolute atomic E-state index is 0.0535. The molecule has 4 rings (SSSR count). The third-order valence-electron chi connectivity index (χ3n) is 5.66. The van der Waals surface area contributed by atoms with Gasteiger partial charge in [-0.25, -0.2) is 0 Å². The molecule has 1 aromatic carbocycles. The van der Waals surface area contributed by atoms with Crippen molar-refractivity contribution in [2.75, 3.05) is 0 Å². The fraction of sp³-hybridized carbons (Fsp3) is 0.391. The average molecular weight is 377 g/mol. The number of benzene rings is 1. The van der Waals surface area contributed by atoms with Crippen molar-refractivity contribution >= 4 is 5.91 Å². The van der Waals surface area contributed by atoms with Gasteiger partial charge in [-0.2, -0.15) is 5.10 Å². The number of carbonyl (C=O) groups excluding carboxylic acids is 1. The molecule has 1 aliphatic rings. The van der Waals surface area contributed by atoms with E-state index in [1.807, 2.05) is 53.5 Å². The molecule has 28 heavy (non-hydrogen) atoms. The molecule has 1 fully saturated rings. The van der Waals surface area contributed by atoms with Crippen molar-refractivity contribution in [3.63, 3.8) is 0 Å². The minimum atomic E-state index is 0.0535. The lowest BCUT2D eigenvalue weighted by Gasteiger charge is -2.29. The van der Waals surface area contributed by atoms with Gasteiger partial charge in [0.25, 0.3) is 0 Å². The Kier molecular flexibility index (Phi) is 5.90. The zero-order valence-corrected chi connectivity index (χ0v) is 16.0. The van der Waals surface area contributed by atoms with Crippen LogP contribution in [0.25, 0.3) is 0 Å². The maximum absolute atomic E-state index is 12.7. The number of aromatic nitrogens is 2. The summed E-state index contributed by atoms with van der Waals surface area (Å²) < 4.78 is 7.67. The third-order valence-corrected chi connectivity index (χ3v) is 5.66. The first-order valence-corrected chi connectivity index (χ1v) is 10.1. The van der Waals surface area contributed by atoms with Crippen molar-refractivity contribution < 1.29 is 9.21 Å². The van der Waals surface area contributed by atoms with Gasteiger partial charge in [-0.05, 0) is 55.9 Å². The van der Waals surface area contributed by atoms with E-state index < -0.39 is 0 Å². The molecule has 0 spiro atoms. The first-order valence-electron chi connectivity index (χ1n) is 10.1. The van der Waals surface area contributed by atoms with Crippen LogP contribution in [0.5, 0.6) is 0 Å². The van der Waals surface area contributed by atoms with Gasteiger partial charge in [0.2, 0.25) is 5.91 Å². The Labute approximate surface area is 165 Å². The molecular formula is C23H27N3O2. The average Bonchev–Trinajstić information content (AvgIpc) is 3.43. The molecule has 1 unspecified atom stereocenters. The van der Waals surface area contributed by atoms with Crippen LogP contribution in [0.3, 0.4) is 0 Å². The lowest BCUT2D eigenvalue weighted by atomic mass is 9.90. The maximum atomic E-state index is 12.7. The van der Waals surface area contributed by atoms with Gasteiger partial charge in [-0.1, -0.05) is 30.3 Å². The molecule has 5 heteroatoms.